The van der Waals surface area contributed by atoms with E-state index >= 15 is 0 Å². The third kappa shape index (κ3) is 2.98. The molecule has 7 heteroatoms. The number of amides is 2. The number of carbonyl (C=O) groups is 2. The van der Waals surface area contributed by atoms with Gasteiger partial charge in [-0.1, -0.05) is 12.1 Å². The number of hydrogen-bond acceptors (Lipinski definition) is 6. The third-order valence-electron chi connectivity index (χ3n) is 4.76. The SMILES string of the molecule is O=C1c2ccccc2C(=O)N1CCN1CCN(c2cnccn2)CC1. The molecular weight excluding hydrogens is 318 g/mol. The summed E-state index contributed by atoms with van der Waals surface area (Å²) in [5.74, 6) is 0.528. The van der Waals surface area contributed by atoms with E-state index in [4.69, 9.17) is 0 Å². The Morgan fingerprint density at radius 3 is 2.16 bits per heavy atom. The molecule has 1 aromatic heterocycles. The summed E-state index contributed by atoms with van der Waals surface area (Å²) in [4.78, 5) is 39.0. The number of rotatable bonds is 4. The van der Waals surface area contributed by atoms with Gasteiger partial charge in [0.1, 0.15) is 5.82 Å². The fourth-order valence-electron chi connectivity index (χ4n) is 3.34. The number of benzene rings is 1. The maximum atomic E-state index is 12.4. The predicted molar refractivity (Wildman–Crippen MR) is 92.5 cm³/mol. The van der Waals surface area contributed by atoms with Crippen LogP contribution in [-0.4, -0.2) is 70.9 Å². The van der Waals surface area contributed by atoms with Crippen molar-refractivity contribution in [2.45, 2.75) is 0 Å². The van der Waals surface area contributed by atoms with Crippen LogP contribution in [0.25, 0.3) is 0 Å². The van der Waals surface area contributed by atoms with Crippen LogP contribution in [0.4, 0.5) is 5.82 Å². The maximum Gasteiger partial charge on any atom is 0.261 e. The van der Waals surface area contributed by atoms with Gasteiger partial charge in [0.25, 0.3) is 11.8 Å². The largest absolute Gasteiger partial charge is 0.353 e. The van der Waals surface area contributed by atoms with Gasteiger partial charge in [0.05, 0.1) is 17.3 Å². The first-order valence-corrected chi connectivity index (χ1v) is 8.42. The van der Waals surface area contributed by atoms with Crippen LogP contribution < -0.4 is 4.90 Å². The van der Waals surface area contributed by atoms with Crippen LogP contribution in [0.15, 0.2) is 42.9 Å². The molecule has 2 aliphatic heterocycles. The van der Waals surface area contributed by atoms with E-state index < -0.39 is 0 Å². The van der Waals surface area contributed by atoms with Gasteiger partial charge in [-0.2, -0.15) is 0 Å². The fourth-order valence-corrected chi connectivity index (χ4v) is 3.34. The lowest BCUT2D eigenvalue weighted by atomic mass is 10.1. The van der Waals surface area contributed by atoms with Gasteiger partial charge in [0, 0.05) is 51.7 Å². The molecule has 1 aromatic carbocycles. The molecule has 0 atom stereocenters. The molecule has 0 aliphatic carbocycles. The molecule has 3 heterocycles. The van der Waals surface area contributed by atoms with E-state index in [9.17, 15) is 9.59 Å². The maximum absolute atomic E-state index is 12.4. The Bertz CT molecular complexity index is 752. The van der Waals surface area contributed by atoms with Crippen LogP contribution in [0.2, 0.25) is 0 Å². The summed E-state index contributed by atoms with van der Waals surface area (Å²) < 4.78 is 0. The molecule has 4 rings (SSSR count). The van der Waals surface area contributed by atoms with E-state index in [1.54, 1.807) is 42.9 Å². The number of nitrogens with zero attached hydrogens (tertiary/aromatic N) is 5. The molecule has 2 aliphatic rings. The Morgan fingerprint density at radius 2 is 1.56 bits per heavy atom. The van der Waals surface area contributed by atoms with Crippen LogP contribution >= 0.6 is 0 Å². The van der Waals surface area contributed by atoms with Crippen LogP contribution in [0.3, 0.4) is 0 Å². The zero-order valence-corrected chi connectivity index (χ0v) is 13.8. The second-order valence-corrected chi connectivity index (χ2v) is 6.20. The number of carbonyl (C=O) groups excluding carboxylic acids is 2. The second kappa shape index (κ2) is 6.60. The first kappa shape index (κ1) is 15.7. The first-order valence-electron chi connectivity index (χ1n) is 8.42. The average Bonchev–Trinajstić information content (AvgIpc) is 2.92. The van der Waals surface area contributed by atoms with Crippen molar-refractivity contribution in [3.8, 4) is 0 Å². The van der Waals surface area contributed by atoms with Crippen molar-refractivity contribution in [1.82, 2.24) is 19.8 Å². The predicted octanol–water partition coefficient (Wildman–Crippen LogP) is 0.895. The molecular formula is C18H19N5O2. The van der Waals surface area contributed by atoms with Crippen molar-refractivity contribution in [1.29, 1.82) is 0 Å². The van der Waals surface area contributed by atoms with Crippen LogP contribution in [-0.2, 0) is 0 Å². The smallest absolute Gasteiger partial charge is 0.261 e. The number of hydrogen-bond donors (Lipinski definition) is 0. The molecule has 0 unspecified atom stereocenters. The molecule has 2 amide bonds. The summed E-state index contributed by atoms with van der Waals surface area (Å²) in [6, 6.07) is 7.02. The Morgan fingerprint density at radius 1 is 0.880 bits per heavy atom. The molecule has 1 saturated heterocycles. The lowest BCUT2D eigenvalue weighted by Crippen LogP contribution is -2.49. The molecule has 0 bridgehead atoms. The summed E-state index contributed by atoms with van der Waals surface area (Å²) in [5, 5.41) is 0. The van der Waals surface area contributed by atoms with Gasteiger partial charge < -0.3 is 4.90 Å². The zero-order chi connectivity index (χ0) is 17.2. The molecule has 2 aromatic rings. The molecule has 128 valence electrons. The number of aromatic nitrogens is 2. The Balaban J connectivity index is 1.32. The Kier molecular flexibility index (Phi) is 4.15. The fraction of sp³-hybridized carbons (Fsp3) is 0.333. The van der Waals surface area contributed by atoms with Gasteiger partial charge >= 0.3 is 0 Å². The van der Waals surface area contributed by atoms with Crippen molar-refractivity contribution in [3.05, 3.63) is 54.0 Å². The van der Waals surface area contributed by atoms with Gasteiger partial charge in [-0.15, -0.1) is 0 Å². The highest BCUT2D eigenvalue weighted by Crippen LogP contribution is 2.22. The van der Waals surface area contributed by atoms with Crippen molar-refractivity contribution in [2.75, 3.05) is 44.2 Å². The number of piperazine rings is 1. The third-order valence-corrected chi connectivity index (χ3v) is 4.76. The average molecular weight is 337 g/mol. The number of imide groups is 1. The minimum Gasteiger partial charge on any atom is -0.353 e. The van der Waals surface area contributed by atoms with Crippen molar-refractivity contribution in [2.24, 2.45) is 0 Å². The summed E-state index contributed by atoms with van der Waals surface area (Å²) in [6.45, 7) is 4.60. The van der Waals surface area contributed by atoms with Gasteiger partial charge in [0.2, 0.25) is 0 Å². The minimum absolute atomic E-state index is 0.182. The van der Waals surface area contributed by atoms with Crippen LogP contribution in [0, 0.1) is 0 Å². The topological polar surface area (TPSA) is 69.6 Å². The van der Waals surface area contributed by atoms with Crippen molar-refractivity contribution < 1.29 is 9.59 Å². The lowest BCUT2D eigenvalue weighted by Gasteiger charge is -2.35. The number of fused-ring (bicyclic) bond motifs is 1. The highest BCUT2D eigenvalue weighted by atomic mass is 16.2. The summed E-state index contributed by atoms with van der Waals surface area (Å²) in [5.41, 5.74) is 1.03. The standard InChI is InChI=1S/C18H19N5O2/c24-17-14-3-1-2-4-15(14)18(25)23(17)12-9-21-7-10-22(11-8-21)16-13-19-5-6-20-16/h1-6,13H,7-12H2. The molecule has 7 nitrogen and oxygen atoms in total. The van der Waals surface area contributed by atoms with E-state index in [2.05, 4.69) is 19.8 Å². The monoisotopic (exact) mass is 337 g/mol. The molecule has 25 heavy (non-hydrogen) atoms. The quantitative estimate of drug-likeness (QED) is 0.772. The minimum atomic E-state index is -0.182. The van der Waals surface area contributed by atoms with Crippen molar-refractivity contribution >= 4 is 17.6 Å². The lowest BCUT2D eigenvalue weighted by molar-refractivity contribution is 0.0635. The van der Waals surface area contributed by atoms with E-state index in [-0.39, 0.29) is 11.8 Å². The van der Waals surface area contributed by atoms with E-state index in [0.29, 0.717) is 24.2 Å². The second-order valence-electron chi connectivity index (χ2n) is 6.20. The summed E-state index contributed by atoms with van der Waals surface area (Å²) in [7, 11) is 0. The molecule has 0 N–H and O–H groups in total. The van der Waals surface area contributed by atoms with Gasteiger partial charge in [-0.25, -0.2) is 4.98 Å². The van der Waals surface area contributed by atoms with Crippen molar-refractivity contribution in [3.63, 3.8) is 0 Å². The Hall–Kier alpha value is -2.80. The first-order chi connectivity index (χ1) is 12.2. The van der Waals surface area contributed by atoms with E-state index in [1.165, 1.54) is 4.90 Å². The number of anilines is 1. The van der Waals surface area contributed by atoms with Crippen LogP contribution in [0.5, 0.6) is 0 Å². The highest BCUT2D eigenvalue weighted by molar-refractivity contribution is 6.21. The summed E-state index contributed by atoms with van der Waals surface area (Å²) in [6.07, 6.45) is 5.14. The van der Waals surface area contributed by atoms with Gasteiger partial charge in [-0.3, -0.25) is 24.4 Å². The highest BCUT2D eigenvalue weighted by Gasteiger charge is 2.35. The van der Waals surface area contributed by atoms with E-state index in [1.807, 2.05) is 0 Å². The Labute approximate surface area is 145 Å². The van der Waals surface area contributed by atoms with Crippen LogP contribution in [0.1, 0.15) is 20.7 Å². The van der Waals surface area contributed by atoms with Gasteiger partial charge in [0.15, 0.2) is 0 Å². The molecule has 0 radical (unpaired) electrons. The summed E-state index contributed by atoms with van der Waals surface area (Å²) >= 11 is 0. The van der Waals surface area contributed by atoms with Gasteiger partial charge in [-0.05, 0) is 12.1 Å². The molecule has 0 saturated carbocycles. The molecule has 0 spiro atoms. The van der Waals surface area contributed by atoms with E-state index in [0.717, 1.165) is 32.0 Å². The molecule has 1 fully saturated rings. The zero-order valence-electron chi connectivity index (χ0n) is 13.8. The normalized spacial score (nSPS) is 17.9.